The van der Waals surface area contributed by atoms with Crippen LogP contribution in [0.3, 0.4) is 0 Å². The van der Waals surface area contributed by atoms with Crippen molar-refractivity contribution < 1.29 is 14.3 Å². The number of halogens is 2. The van der Waals surface area contributed by atoms with E-state index in [1.165, 1.54) is 4.68 Å². The highest BCUT2D eigenvalue weighted by Crippen LogP contribution is 2.34. The lowest BCUT2D eigenvalue weighted by atomic mass is 10.1. The third-order valence-electron chi connectivity index (χ3n) is 4.90. The van der Waals surface area contributed by atoms with Crippen molar-refractivity contribution in [1.29, 1.82) is 0 Å². The lowest BCUT2D eigenvalue weighted by molar-refractivity contribution is -0.119. The largest absolute Gasteiger partial charge is 0.490 e. The lowest BCUT2D eigenvalue weighted by Gasteiger charge is -2.15. The highest BCUT2D eigenvalue weighted by Gasteiger charge is 2.16. The molecule has 0 aliphatic rings. The van der Waals surface area contributed by atoms with Crippen molar-refractivity contribution in [2.75, 3.05) is 13.2 Å². The van der Waals surface area contributed by atoms with Gasteiger partial charge in [0.2, 0.25) is 0 Å². The van der Waals surface area contributed by atoms with Crippen molar-refractivity contribution in [3.05, 3.63) is 60.1 Å². The molecule has 2 aromatic carbocycles. The topological polar surface area (TPSA) is 109 Å². The molecular weight excluding hydrogens is 603 g/mol. The van der Waals surface area contributed by atoms with E-state index in [4.69, 9.17) is 20.2 Å². The van der Waals surface area contributed by atoms with Crippen LogP contribution in [0.5, 0.6) is 11.5 Å². The van der Waals surface area contributed by atoms with Gasteiger partial charge in [0.25, 0.3) is 11.5 Å². The number of aromatic nitrogens is 2. The molecule has 10 heteroatoms. The Morgan fingerprint density at radius 1 is 1.30 bits per heavy atom. The van der Waals surface area contributed by atoms with Gasteiger partial charge in [0.1, 0.15) is 5.82 Å². The van der Waals surface area contributed by atoms with Crippen molar-refractivity contribution in [2.45, 2.75) is 33.1 Å². The average molecular weight is 627 g/mol. The molecule has 1 heterocycles. The second-order valence-corrected chi connectivity index (χ2v) is 9.40. The third-order valence-corrected chi connectivity index (χ3v) is 6.19. The van der Waals surface area contributed by atoms with Gasteiger partial charge in [-0.15, -0.1) is 0 Å². The average Bonchev–Trinajstić information content (AvgIpc) is 2.77. The molecule has 0 spiro atoms. The van der Waals surface area contributed by atoms with Gasteiger partial charge in [0, 0.05) is 10.4 Å². The number of fused-ring (bicyclic) bond motifs is 1. The summed E-state index contributed by atoms with van der Waals surface area (Å²) in [7, 11) is 0. The quantitative estimate of drug-likeness (QED) is 0.279. The second-order valence-electron chi connectivity index (χ2n) is 7.32. The van der Waals surface area contributed by atoms with Gasteiger partial charge in [-0.2, -0.15) is 9.78 Å². The van der Waals surface area contributed by atoms with Gasteiger partial charge in [-0.05, 0) is 71.8 Å². The molecule has 3 rings (SSSR count). The Morgan fingerprint density at radius 2 is 2.06 bits per heavy atom. The van der Waals surface area contributed by atoms with E-state index in [1.54, 1.807) is 18.3 Å². The van der Waals surface area contributed by atoms with Crippen molar-refractivity contribution in [3.8, 4) is 11.5 Å². The first-order chi connectivity index (χ1) is 15.7. The fraction of sp³-hybridized carbons (Fsp3) is 0.304. The normalized spacial score (nSPS) is 12.3. The summed E-state index contributed by atoms with van der Waals surface area (Å²) < 4.78 is 14.1. The molecule has 1 amide bonds. The predicted molar refractivity (Wildman–Crippen MR) is 140 cm³/mol. The van der Waals surface area contributed by atoms with Gasteiger partial charge in [0.05, 0.1) is 27.3 Å². The number of amides is 1. The van der Waals surface area contributed by atoms with E-state index < -0.39 is 5.91 Å². The van der Waals surface area contributed by atoms with E-state index in [9.17, 15) is 9.59 Å². The molecule has 174 valence electrons. The number of primary amides is 1. The Balaban J connectivity index is 2.10. The summed E-state index contributed by atoms with van der Waals surface area (Å²) in [5.74, 6) is 0.942. The Hall–Kier alpha value is -2.47. The van der Waals surface area contributed by atoms with Crippen molar-refractivity contribution in [1.82, 2.24) is 9.66 Å². The summed E-state index contributed by atoms with van der Waals surface area (Å²) in [6, 6.07) is 8.99. The first kappa shape index (κ1) is 25.2. The number of rotatable bonds is 9. The van der Waals surface area contributed by atoms with Gasteiger partial charge < -0.3 is 15.2 Å². The van der Waals surface area contributed by atoms with Gasteiger partial charge in [-0.3, -0.25) is 9.59 Å². The van der Waals surface area contributed by atoms with Crippen molar-refractivity contribution >= 4 is 61.5 Å². The number of nitrogens with zero attached hydrogens (tertiary/aromatic N) is 3. The summed E-state index contributed by atoms with van der Waals surface area (Å²) in [6.07, 6.45) is 2.39. The molecule has 0 unspecified atom stereocenters. The highest BCUT2D eigenvalue weighted by atomic mass is 127. The van der Waals surface area contributed by atoms with Gasteiger partial charge in [-0.25, -0.2) is 4.98 Å². The Kier molecular flexibility index (Phi) is 8.46. The monoisotopic (exact) mass is 626 g/mol. The van der Waals surface area contributed by atoms with Crippen LogP contribution in [0.25, 0.3) is 10.9 Å². The highest BCUT2D eigenvalue weighted by molar-refractivity contribution is 14.1. The molecule has 0 aliphatic carbocycles. The predicted octanol–water partition coefficient (Wildman–Crippen LogP) is 4.42. The molecule has 0 radical (unpaired) electrons. The minimum absolute atomic E-state index is 0.0339. The maximum atomic E-state index is 13.3. The maximum absolute atomic E-state index is 13.3. The number of ether oxygens (including phenoxy) is 2. The molecule has 0 fully saturated rings. The zero-order valence-corrected chi connectivity index (χ0v) is 22.2. The number of hydrogen-bond donors (Lipinski definition) is 1. The van der Waals surface area contributed by atoms with Crippen LogP contribution in [-0.4, -0.2) is 35.0 Å². The van der Waals surface area contributed by atoms with E-state index >= 15 is 0 Å². The number of carbonyl (C=O) groups excluding carboxylic acids is 1. The van der Waals surface area contributed by atoms with Gasteiger partial charge >= 0.3 is 0 Å². The van der Waals surface area contributed by atoms with Crippen LogP contribution >= 0.6 is 38.5 Å². The summed E-state index contributed by atoms with van der Waals surface area (Å²) in [5, 5.41) is 4.98. The van der Waals surface area contributed by atoms with Gasteiger partial charge in [0.15, 0.2) is 18.1 Å². The number of nitrogens with two attached hydrogens (primary N) is 1. The maximum Gasteiger partial charge on any atom is 0.282 e. The Bertz CT molecular complexity index is 1280. The number of benzene rings is 2. The smallest absolute Gasteiger partial charge is 0.282 e. The molecule has 8 nitrogen and oxygen atoms in total. The van der Waals surface area contributed by atoms with E-state index in [0.29, 0.717) is 40.4 Å². The fourth-order valence-corrected chi connectivity index (χ4v) is 4.25. The summed E-state index contributed by atoms with van der Waals surface area (Å²) >= 11 is 5.51. The molecule has 33 heavy (non-hydrogen) atoms. The minimum atomic E-state index is -0.578. The molecule has 3 aromatic rings. The van der Waals surface area contributed by atoms with E-state index in [2.05, 4.69) is 43.6 Å². The van der Waals surface area contributed by atoms with E-state index in [-0.39, 0.29) is 18.1 Å². The molecular formula is C23H24BrIN4O4. The third kappa shape index (κ3) is 5.91. The van der Waals surface area contributed by atoms with Crippen LogP contribution in [0.1, 0.15) is 44.5 Å². The van der Waals surface area contributed by atoms with Crippen LogP contribution in [0.4, 0.5) is 0 Å². The standard InChI is InChI=1S/C23H24BrIN4O4/c1-4-13(3)22-28-18-7-6-15(24)10-16(18)23(31)29(22)27-11-14-8-17(25)21(33-12-20(26)30)19(9-14)32-5-2/h6-11,13H,4-5,12H2,1-3H3,(H2,26,30)/t13-/m1/s1. The molecule has 0 aliphatic heterocycles. The lowest BCUT2D eigenvalue weighted by Crippen LogP contribution is -2.23. The molecule has 0 bridgehead atoms. The fourth-order valence-electron chi connectivity index (χ4n) is 3.11. The first-order valence-corrected chi connectivity index (χ1v) is 12.3. The number of hydrogen-bond acceptors (Lipinski definition) is 6. The minimum Gasteiger partial charge on any atom is -0.490 e. The zero-order chi connectivity index (χ0) is 24.1. The van der Waals surface area contributed by atoms with E-state index in [1.807, 2.05) is 39.0 Å². The summed E-state index contributed by atoms with van der Waals surface area (Å²) in [6.45, 7) is 6.06. The molecule has 2 N–H and O–H groups in total. The molecule has 1 atom stereocenters. The summed E-state index contributed by atoms with van der Waals surface area (Å²) in [4.78, 5) is 29.1. The van der Waals surface area contributed by atoms with Crippen LogP contribution in [0, 0.1) is 3.57 Å². The number of carbonyl (C=O) groups is 1. The Morgan fingerprint density at radius 3 is 2.73 bits per heavy atom. The summed E-state index contributed by atoms with van der Waals surface area (Å²) in [5.41, 5.74) is 6.29. The molecule has 0 saturated heterocycles. The first-order valence-electron chi connectivity index (χ1n) is 10.4. The van der Waals surface area contributed by atoms with Crippen LogP contribution in [-0.2, 0) is 4.79 Å². The Labute approximate surface area is 213 Å². The van der Waals surface area contributed by atoms with Crippen molar-refractivity contribution in [2.24, 2.45) is 10.8 Å². The molecule has 0 saturated carbocycles. The van der Waals surface area contributed by atoms with Crippen LogP contribution < -0.4 is 20.8 Å². The second kappa shape index (κ2) is 11.1. The zero-order valence-electron chi connectivity index (χ0n) is 18.5. The van der Waals surface area contributed by atoms with Crippen LogP contribution in [0.15, 0.2) is 44.7 Å². The SMILES string of the molecule is CCOc1cc(C=Nn2c([C@H](C)CC)nc3ccc(Br)cc3c2=O)cc(I)c1OCC(N)=O. The van der Waals surface area contributed by atoms with Gasteiger partial charge in [-0.1, -0.05) is 29.8 Å². The van der Waals surface area contributed by atoms with Crippen LogP contribution in [0.2, 0.25) is 0 Å². The van der Waals surface area contributed by atoms with Crippen molar-refractivity contribution in [3.63, 3.8) is 0 Å². The van der Waals surface area contributed by atoms with E-state index in [0.717, 1.165) is 14.5 Å². The molecule has 1 aromatic heterocycles.